The Morgan fingerprint density at radius 3 is 2.12 bits per heavy atom. The number of hydrogen-bond acceptors (Lipinski definition) is 2. The van der Waals surface area contributed by atoms with Gasteiger partial charge < -0.3 is 9.90 Å². The van der Waals surface area contributed by atoms with Gasteiger partial charge in [-0.25, -0.2) is 0 Å². The van der Waals surface area contributed by atoms with Gasteiger partial charge in [-0.05, 0) is 6.92 Å². The van der Waals surface area contributed by atoms with Crippen LogP contribution in [0.2, 0.25) is 0 Å². The van der Waals surface area contributed by atoms with Crippen LogP contribution in [0.4, 0.5) is 0 Å². The Kier molecular flexibility index (Phi) is 6.64. The molecule has 2 nitrogen and oxygen atoms in total. The predicted molar refractivity (Wildman–Crippen MR) is 24.4 cm³/mol. The van der Waals surface area contributed by atoms with E-state index in [1.807, 2.05) is 0 Å². The summed E-state index contributed by atoms with van der Waals surface area (Å²) in [4.78, 5) is 9.64. The van der Waals surface area contributed by atoms with Crippen molar-refractivity contribution in [3.63, 3.8) is 0 Å². The fourth-order valence-corrected chi connectivity index (χ4v) is 0.246. The molecular weight excluding hydrogens is 99.0 g/mol. The molecule has 0 atom stereocenters. The van der Waals surface area contributed by atoms with E-state index in [0.29, 0.717) is 5.57 Å². The molecule has 0 rings (SSSR count). The van der Waals surface area contributed by atoms with E-state index in [9.17, 15) is 9.90 Å². The van der Waals surface area contributed by atoms with Crippen molar-refractivity contribution in [1.82, 2.24) is 0 Å². The third-order valence-electron chi connectivity index (χ3n) is 0.446. The minimum Gasteiger partial charge on any atom is -0.550 e. The van der Waals surface area contributed by atoms with Crippen LogP contribution in [0, 0.1) is 0 Å². The Labute approximate surface area is 60.8 Å². The maximum absolute atomic E-state index is 9.64. The van der Waals surface area contributed by atoms with Gasteiger partial charge in [-0.1, -0.05) is 12.2 Å². The van der Waals surface area contributed by atoms with E-state index in [0.717, 1.165) is 0 Å². The second-order valence-corrected chi connectivity index (χ2v) is 1.51. The van der Waals surface area contributed by atoms with Crippen molar-refractivity contribution in [3.8, 4) is 0 Å². The van der Waals surface area contributed by atoms with Crippen LogP contribution in [0.15, 0.2) is 12.2 Å². The quantitative estimate of drug-likeness (QED) is 0.273. The molecule has 0 amide bonds. The second-order valence-electron chi connectivity index (χ2n) is 1.51. The number of carbonyl (C=O) groups excluding carboxylic acids is 1. The minimum atomic E-state index is -1.06. The maximum Gasteiger partial charge on any atom is 1.00 e. The molecule has 0 saturated carbocycles. The molecule has 0 spiro atoms. The number of carboxylic acid groups (broad SMARTS) is 1. The van der Waals surface area contributed by atoms with Crippen molar-refractivity contribution in [1.29, 1.82) is 0 Å². The molecule has 0 aliphatic rings. The number of carbonyl (C=O) groups is 1. The van der Waals surface area contributed by atoms with Gasteiger partial charge in [-0.15, -0.1) is 0 Å². The molecular formula is C5H7LiO2. The Bertz CT molecular complexity index is 86.6. The number of aliphatic carboxylic acids is 1. The molecule has 0 aliphatic heterocycles. The first-order valence-corrected chi connectivity index (χ1v) is 1.97. The fraction of sp³-hybridized carbons (Fsp3) is 0.400. The molecule has 3 heteroatoms. The average molecular weight is 106 g/mol. The van der Waals surface area contributed by atoms with E-state index in [1.54, 1.807) is 6.92 Å². The van der Waals surface area contributed by atoms with Crippen molar-refractivity contribution in [3.05, 3.63) is 12.2 Å². The predicted octanol–water partition coefficient (Wildman–Crippen LogP) is -3.29. The van der Waals surface area contributed by atoms with Crippen LogP contribution in [-0.2, 0) is 4.79 Å². The molecule has 8 heavy (non-hydrogen) atoms. The fourth-order valence-electron chi connectivity index (χ4n) is 0.246. The molecule has 0 heterocycles. The van der Waals surface area contributed by atoms with Crippen LogP contribution in [0.1, 0.15) is 13.3 Å². The van der Waals surface area contributed by atoms with Gasteiger partial charge in [0.05, 0.1) is 0 Å². The summed E-state index contributed by atoms with van der Waals surface area (Å²) in [5.74, 6) is -1.06. The molecule has 40 valence electrons. The third-order valence-corrected chi connectivity index (χ3v) is 0.446. The summed E-state index contributed by atoms with van der Waals surface area (Å²) < 4.78 is 0. The minimum absolute atomic E-state index is 0. The van der Waals surface area contributed by atoms with E-state index >= 15 is 0 Å². The van der Waals surface area contributed by atoms with Gasteiger partial charge >= 0.3 is 18.9 Å². The summed E-state index contributed by atoms with van der Waals surface area (Å²) in [6.45, 7) is 5.02. The molecule has 0 radical (unpaired) electrons. The van der Waals surface area contributed by atoms with E-state index in [4.69, 9.17) is 0 Å². The van der Waals surface area contributed by atoms with Gasteiger partial charge in [0.15, 0.2) is 0 Å². The molecule has 0 aromatic carbocycles. The second kappa shape index (κ2) is 4.95. The first-order chi connectivity index (χ1) is 3.13. The zero-order valence-electron chi connectivity index (χ0n) is 5.23. The summed E-state index contributed by atoms with van der Waals surface area (Å²) in [7, 11) is 0. The maximum atomic E-state index is 9.64. The molecule has 0 fully saturated rings. The Balaban J connectivity index is 0. The van der Waals surface area contributed by atoms with Gasteiger partial charge in [0.1, 0.15) is 0 Å². The Morgan fingerprint density at radius 2 is 2.12 bits per heavy atom. The van der Waals surface area contributed by atoms with Gasteiger partial charge in [-0.3, -0.25) is 0 Å². The molecule has 0 bridgehead atoms. The topological polar surface area (TPSA) is 40.1 Å². The normalized spacial score (nSPS) is 7.12. The van der Waals surface area contributed by atoms with Crippen molar-refractivity contribution in [2.24, 2.45) is 0 Å². The van der Waals surface area contributed by atoms with Gasteiger partial charge in [-0.2, -0.15) is 0 Å². The average Bonchev–Trinajstić information content (AvgIpc) is 1.27. The smallest absolute Gasteiger partial charge is 0.550 e. The number of rotatable bonds is 2. The Morgan fingerprint density at radius 1 is 1.75 bits per heavy atom. The largest absolute Gasteiger partial charge is 1.00 e. The number of hydrogen-bond donors (Lipinski definition) is 0. The molecule has 0 saturated heterocycles. The zero-order chi connectivity index (χ0) is 5.86. The summed E-state index contributed by atoms with van der Waals surface area (Å²) >= 11 is 0. The molecule has 0 aliphatic carbocycles. The van der Waals surface area contributed by atoms with E-state index in [-0.39, 0.29) is 25.3 Å². The van der Waals surface area contributed by atoms with Crippen LogP contribution in [0.3, 0.4) is 0 Å². The molecule has 0 aromatic rings. The van der Waals surface area contributed by atoms with Crippen LogP contribution >= 0.6 is 0 Å². The third kappa shape index (κ3) is 9.26. The van der Waals surface area contributed by atoms with Crippen molar-refractivity contribution >= 4 is 5.97 Å². The van der Waals surface area contributed by atoms with E-state index < -0.39 is 5.97 Å². The molecule has 0 unspecified atom stereocenters. The summed E-state index contributed by atoms with van der Waals surface area (Å²) in [6.07, 6.45) is -0.0278. The van der Waals surface area contributed by atoms with Gasteiger partial charge in [0, 0.05) is 12.4 Å². The monoisotopic (exact) mass is 106 g/mol. The van der Waals surface area contributed by atoms with Gasteiger partial charge in [0.25, 0.3) is 0 Å². The SMILES string of the molecule is C=C(C)CC(=O)[O-].[Li+]. The summed E-state index contributed by atoms with van der Waals surface area (Å²) in [6, 6.07) is 0. The summed E-state index contributed by atoms with van der Waals surface area (Å²) in [5.41, 5.74) is 0.625. The molecule has 0 aromatic heterocycles. The van der Waals surface area contributed by atoms with Crippen LogP contribution in [-0.4, -0.2) is 5.97 Å². The first kappa shape index (κ1) is 10.7. The van der Waals surface area contributed by atoms with Crippen molar-refractivity contribution in [2.45, 2.75) is 13.3 Å². The van der Waals surface area contributed by atoms with E-state index in [2.05, 4.69) is 6.58 Å². The van der Waals surface area contributed by atoms with Crippen molar-refractivity contribution in [2.75, 3.05) is 0 Å². The first-order valence-electron chi connectivity index (χ1n) is 1.97. The van der Waals surface area contributed by atoms with Crippen molar-refractivity contribution < 1.29 is 28.8 Å². The van der Waals surface area contributed by atoms with Gasteiger partial charge in [0.2, 0.25) is 0 Å². The van der Waals surface area contributed by atoms with E-state index in [1.165, 1.54) is 0 Å². The summed E-state index contributed by atoms with van der Waals surface area (Å²) in [5, 5.41) is 9.64. The number of carboxylic acids is 1. The van der Waals surface area contributed by atoms with Crippen LogP contribution in [0.25, 0.3) is 0 Å². The Hall–Kier alpha value is -0.193. The zero-order valence-corrected chi connectivity index (χ0v) is 5.23. The standard InChI is InChI=1S/C5H8O2.Li/c1-4(2)3-5(6)7;/h1,3H2,2H3,(H,6,7);/q;+1/p-1. The molecule has 0 N–H and O–H groups in total. The van der Waals surface area contributed by atoms with Crippen LogP contribution < -0.4 is 24.0 Å². The van der Waals surface area contributed by atoms with Crippen LogP contribution in [0.5, 0.6) is 0 Å².